The molecule has 3 aliphatic heterocycles. The van der Waals surface area contributed by atoms with Gasteiger partial charge >= 0.3 is 0 Å². The van der Waals surface area contributed by atoms with Crippen LogP contribution < -0.4 is 9.83 Å². The highest BCUT2D eigenvalue weighted by atomic mass is 32.2. The van der Waals surface area contributed by atoms with Crippen molar-refractivity contribution >= 4 is 16.3 Å². The van der Waals surface area contributed by atoms with Gasteiger partial charge in [0.2, 0.25) is 0 Å². The van der Waals surface area contributed by atoms with Crippen molar-refractivity contribution in [2.75, 3.05) is 26.4 Å². The van der Waals surface area contributed by atoms with Gasteiger partial charge in [0.05, 0.1) is 81.2 Å². The van der Waals surface area contributed by atoms with Gasteiger partial charge in [-0.25, -0.2) is 13.1 Å². The lowest BCUT2D eigenvalue weighted by Gasteiger charge is -2.33. The van der Waals surface area contributed by atoms with E-state index >= 15 is 0 Å². The summed E-state index contributed by atoms with van der Waals surface area (Å²) in [5, 5.41) is 55.1. The Morgan fingerprint density at radius 2 is 1.43 bits per heavy atom. The Kier molecular flexibility index (Phi) is 20.8. The summed E-state index contributed by atoms with van der Waals surface area (Å²) in [6, 6.07) is -0.930. The van der Waals surface area contributed by atoms with Gasteiger partial charge in [-0.2, -0.15) is 0 Å². The zero-order valence-electron chi connectivity index (χ0n) is 20.6. The molecule has 12 N–H and O–H groups in total. The smallest absolute Gasteiger partial charge is 0.159 e. The average Bonchev–Trinajstić information content (AvgIpc) is 3.09. The number of ether oxygens (including phenoxy) is 3. The molecule has 3 heterocycles. The summed E-state index contributed by atoms with van der Waals surface area (Å²) in [5.74, 6) is -1.21. The van der Waals surface area contributed by atoms with Crippen LogP contribution >= 0.6 is 0 Å². The zero-order valence-corrected chi connectivity index (χ0v) is 21.4. The van der Waals surface area contributed by atoms with Crippen LogP contribution in [-0.4, -0.2) is 136 Å². The maximum absolute atomic E-state index is 10.3. The average molecular weight is 572 g/mol. The topological polar surface area (TPSA) is 333 Å². The van der Waals surface area contributed by atoms with Crippen molar-refractivity contribution < 1.29 is 79.0 Å². The number of rotatable bonds is 5. The maximum atomic E-state index is 10.3. The Labute approximate surface area is 214 Å². The summed E-state index contributed by atoms with van der Waals surface area (Å²) in [4.78, 5) is 10.3. The molecular formula is C19H41NO16S-2. The van der Waals surface area contributed by atoms with Gasteiger partial charge in [-0.15, -0.1) is 0 Å². The Bertz CT molecular complexity index is 702. The number of nitrogens with one attached hydrogen (secondary N) is 1. The minimum Gasteiger partial charge on any atom is -0.735 e. The second-order valence-corrected chi connectivity index (χ2v) is 9.63. The monoisotopic (exact) mass is 571 g/mol. The van der Waals surface area contributed by atoms with E-state index in [4.69, 9.17) is 34.6 Å². The van der Waals surface area contributed by atoms with Gasteiger partial charge in [0, 0.05) is 12.8 Å². The van der Waals surface area contributed by atoms with Crippen molar-refractivity contribution in [3.05, 3.63) is 0 Å². The first-order valence-corrected chi connectivity index (χ1v) is 12.3. The number of carbonyl (C=O) groups excluding carboxylic acids is 1. The highest BCUT2D eigenvalue weighted by Crippen LogP contribution is 2.20. The lowest BCUT2D eigenvalue weighted by Crippen LogP contribution is -2.52. The largest absolute Gasteiger partial charge is 0.735 e. The first kappa shape index (κ1) is 40.4. The Morgan fingerprint density at radius 1 is 0.892 bits per heavy atom. The lowest BCUT2D eigenvalue weighted by molar-refractivity contribution is -0.320. The van der Waals surface area contributed by atoms with E-state index in [-0.39, 0.29) is 73.5 Å². The molecule has 3 fully saturated rings. The minimum absolute atomic E-state index is 0. The van der Waals surface area contributed by atoms with Gasteiger partial charge in [0.25, 0.3) is 0 Å². The molecule has 3 rings (SSSR count). The van der Waals surface area contributed by atoms with E-state index in [0.717, 1.165) is 0 Å². The Balaban J connectivity index is -0.000000460. The van der Waals surface area contributed by atoms with Gasteiger partial charge < -0.3 is 70.6 Å². The van der Waals surface area contributed by atoms with Crippen molar-refractivity contribution in [3.8, 4) is 0 Å². The number of carboxylic acids is 1. The first-order valence-electron chi connectivity index (χ1n) is 10.9. The second kappa shape index (κ2) is 19.0. The molecule has 0 aromatic carbocycles. The summed E-state index contributed by atoms with van der Waals surface area (Å²) in [6.45, 7) is 3.35. The molecule has 18 heteroatoms. The van der Waals surface area contributed by atoms with Crippen molar-refractivity contribution in [1.29, 1.82) is 0 Å². The van der Waals surface area contributed by atoms with E-state index in [0.29, 0.717) is 12.8 Å². The SMILES string of the molecule is CC1CC(C(=O)[O-])OCC1O.CC1OC(CO)CC1O.O.O.O.O=S(=O)([O-])NC1COC(CO)CC1O. The second-order valence-electron chi connectivity index (χ2n) is 8.49. The Hall–Kier alpha value is -1.10. The van der Waals surface area contributed by atoms with Gasteiger partial charge in [-0.05, 0) is 19.3 Å². The van der Waals surface area contributed by atoms with E-state index in [9.17, 15) is 28.0 Å². The molecule has 37 heavy (non-hydrogen) atoms. The van der Waals surface area contributed by atoms with Crippen molar-refractivity contribution in [1.82, 2.24) is 4.72 Å². The van der Waals surface area contributed by atoms with E-state index in [2.05, 4.69) is 0 Å². The molecule has 0 aliphatic carbocycles. The van der Waals surface area contributed by atoms with Gasteiger partial charge in [0.15, 0.2) is 10.3 Å². The van der Waals surface area contributed by atoms with Crippen molar-refractivity contribution in [2.45, 2.75) is 81.9 Å². The molecule has 226 valence electrons. The molecule has 0 spiro atoms. The fourth-order valence-electron chi connectivity index (χ4n) is 3.41. The third-order valence-corrected chi connectivity index (χ3v) is 6.20. The summed E-state index contributed by atoms with van der Waals surface area (Å²) in [7, 11) is -4.58. The number of carbonyl (C=O) groups is 1. The molecule has 0 bridgehead atoms. The van der Waals surface area contributed by atoms with Crippen molar-refractivity contribution in [3.63, 3.8) is 0 Å². The number of aliphatic hydroxyl groups excluding tert-OH is 5. The number of aliphatic carboxylic acids is 1. The summed E-state index contributed by atoms with van der Waals surface area (Å²) >= 11 is 0. The Morgan fingerprint density at radius 3 is 1.78 bits per heavy atom. The quantitative estimate of drug-likeness (QED) is 0.167. The third-order valence-electron chi connectivity index (χ3n) is 5.61. The van der Waals surface area contributed by atoms with Crippen molar-refractivity contribution in [2.24, 2.45) is 5.92 Å². The maximum Gasteiger partial charge on any atom is 0.159 e. The van der Waals surface area contributed by atoms with Crippen LogP contribution in [0.2, 0.25) is 0 Å². The molecule has 9 unspecified atom stereocenters. The minimum atomic E-state index is -4.58. The van der Waals surface area contributed by atoms with Crippen LogP contribution in [-0.2, 0) is 29.3 Å². The van der Waals surface area contributed by atoms with Gasteiger partial charge in [-0.3, -0.25) is 0 Å². The molecule has 17 nitrogen and oxygen atoms in total. The van der Waals surface area contributed by atoms with E-state index in [1.54, 1.807) is 18.6 Å². The summed E-state index contributed by atoms with van der Waals surface area (Å²) in [6.07, 6.45) is -2.52. The van der Waals surface area contributed by atoms with Crippen LogP contribution in [0.5, 0.6) is 0 Å². The molecule has 3 saturated heterocycles. The van der Waals surface area contributed by atoms with Crippen LogP contribution in [0.3, 0.4) is 0 Å². The normalized spacial score (nSPS) is 35.1. The zero-order chi connectivity index (χ0) is 26.1. The van der Waals surface area contributed by atoms with Crippen LogP contribution in [0.1, 0.15) is 33.1 Å². The molecular weight excluding hydrogens is 530 g/mol. The first-order chi connectivity index (χ1) is 15.8. The number of aliphatic hydroxyl groups is 5. The highest BCUT2D eigenvalue weighted by molar-refractivity contribution is 7.83. The molecule has 3 aliphatic rings. The fraction of sp³-hybridized carbons (Fsp3) is 0.947. The van der Waals surface area contributed by atoms with Gasteiger partial charge in [0.1, 0.15) is 0 Å². The van der Waals surface area contributed by atoms with E-state index in [1.807, 2.05) is 0 Å². The molecule has 0 aromatic rings. The summed E-state index contributed by atoms with van der Waals surface area (Å²) < 4.78 is 47.6. The van der Waals surface area contributed by atoms with E-state index < -0.39 is 46.7 Å². The predicted octanol–water partition coefficient (Wildman–Crippen LogP) is -6.89. The molecule has 0 saturated carbocycles. The fourth-order valence-corrected chi connectivity index (χ4v) is 4.01. The van der Waals surface area contributed by atoms with Crippen LogP contribution in [0, 0.1) is 5.92 Å². The predicted molar refractivity (Wildman–Crippen MR) is 121 cm³/mol. The van der Waals surface area contributed by atoms with Crippen LogP contribution in [0.25, 0.3) is 0 Å². The van der Waals surface area contributed by atoms with Crippen LogP contribution in [0.15, 0.2) is 0 Å². The summed E-state index contributed by atoms with van der Waals surface area (Å²) in [5.41, 5.74) is 0. The number of hydrogen-bond acceptors (Lipinski definition) is 13. The highest BCUT2D eigenvalue weighted by Gasteiger charge is 2.31. The van der Waals surface area contributed by atoms with Crippen LogP contribution in [0.4, 0.5) is 0 Å². The molecule has 0 radical (unpaired) electrons. The number of carboxylic acid groups (broad SMARTS) is 1. The lowest BCUT2D eigenvalue weighted by atomic mass is 9.95. The molecule has 0 aromatic heterocycles. The standard InChI is InChI=1S/C7H12O4.C6H13NO6S.C6H12O3.3H2O/c1-4-2-6(7(9)10)11-3-5(4)8;8-2-4-1-6(9)5(3-13-4)7-14(10,11)12;1-4-6(8)2-5(3-7)9-4;;;/h4-6,8H,2-3H2,1H3,(H,9,10);4-9H,1-3H2,(H,10,11,12);4-8H,2-3H2,1H3;3*1H2/p-2. The molecule has 9 atom stereocenters. The number of hydrogen-bond donors (Lipinski definition) is 6. The van der Waals surface area contributed by atoms with E-state index in [1.165, 1.54) is 0 Å². The third kappa shape index (κ3) is 15.2. The molecule has 0 amide bonds. The van der Waals surface area contributed by atoms with Gasteiger partial charge in [-0.1, -0.05) is 6.92 Å².